The highest BCUT2D eigenvalue weighted by molar-refractivity contribution is 5.76. The van der Waals surface area contributed by atoms with E-state index in [1.807, 2.05) is 0 Å². The largest absolute Gasteiger partial charge is 0.343 e. The van der Waals surface area contributed by atoms with Crippen molar-refractivity contribution in [1.82, 2.24) is 15.1 Å². The highest BCUT2D eigenvalue weighted by atomic mass is 16.2. The first kappa shape index (κ1) is 18.4. The van der Waals surface area contributed by atoms with E-state index in [0.717, 1.165) is 51.4 Å². The number of carbonyl (C=O) groups excluding carboxylic acids is 1. The zero-order valence-corrected chi connectivity index (χ0v) is 14.7. The summed E-state index contributed by atoms with van der Waals surface area (Å²) in [7, 11) is 2.20. The summed E-state index contributed by atoms with van der Waals surface area (Å²) < 4.78 is 0. The van der Waals surface area contributed by atoms with E-state index in [0.29, 0.717) is 24.4 Å². The number of carbonyl (C=O) groups is 1. The van der Waals surface area contributed by atoms with Crippen LogP contribution in [0.3, 0.4) is 0 Å². The second kappa shape index (κ2) is 9.42. The first-order chi connectivity index (χ1) is 9.90. The molecule has 0 atom stereocenters. The summed E-state index contributed by atoms with van der Waals surface area (Å²) in [5.41, 5.74) is 0. The molecule has 0 aromatic rings. The SMILES string of the molecule is CC(C)NCCCC(=O)N1CCC(CN(C)C(C)C)CC1. The number of nitrogens with zero attached hydrogens (tertiary/aromatic N) is 2. The van der Waals surface area contributed by atoms with Crippen molar-refractivity contribution in [2.45, 2.75) is 65.5 Å². The van der Waals surface area contributed by atoms with Crippen LogP contribution in [-0.2, 0) is 4.79 Å². The van der Waals surface area contributed by atoms with Gasteiger partial charge >= 0.3 is 0 Å². The van der Waals surface area contributed by atoms with Gasteiger partial charge in [-0.05, 0) is 52.6 Å². The molecule has 0 bridgehead atoms. The average Bonchev–Trinajstić information content (AvgIpc) is 2.43. The van der Waals surface area contributed by atoms with Crippen LogP contribution >= 0.6 is 0 Å². The molecule has 0 unspecified atom stereocenters. The monoisotopic (exact) mass is 297 g/mol. The fraction of sp³-hybridized carbons (Fsp3) is 0.941. The fourth-order valence-electron chi connectivity index (χ4n) is 2.77. The maximum absolute atomic E-state index is 12.2. The minimum Gasteiger partial charge on any atom is -0.343 e. The summed E-state index contributed by atoms with van der Waals surface area (Å²) in [6.45, 7) is 12.8. The van der Waals surface area contributed by atoms with E-state index in [-0.39, 0.29) is 0 Å². The van der Waals surface area contributed by atoms with Gasteiger partial charge in [-0.25, -0.2) is 0 Å². The van der Waals surface area contributed by atoms with Crippen LogP contribution in [0.2, 0.25) is 0 Å². The molecule has 4 heteroatoms. The first-order valence-corrected chi connectivity index (χ1v) is 8.61. The molecule has 4 nitrogen and oxygen atoms in total. The Hall–Kier alpha value is -0.610. The van der Waals surface area contributed by atoms with E-state index in [1.54, 1.807) is 0 Å². The molecule has 0 aromatic heterocycles. The minimum absolute atomic E-state index is 0.344. The predicted octanol–water partition coefficient (Wildman–Crippen LogP) is 2.34. The molecule has 1 heterocycles. The lowest BCUT2D eigenvalue weighted by Gasteiger charge is -2.35. The van der Waals surface area contributed by atoms with E-state index >= 15 is 0 Å². The lowest BCUT2D eigenvalue weighted by atomic mass is 9.95. The molecule has 1 amide bonds. The maximum Gasteiger partial charge on any atom is 0.222 e. The van der Waals surface area contributed by atoms with Crippen molar-refractivity contribution in [3.63, 3.8) is 0 Å². The summed E-state index contributed by atoms with van der Waals surface area (Å²) in [6.07, 6.45) is 3.96. The molecule has 1 N–H and O–H groups in total. The Bertz CT molecular complexity index is 296. The number of piperidine rings is 1. The van der Waals surface area contributed by atoms with Crippen molar-refractivity contribution >= 4 is 5.91 Å². The Kier molecular flexibility index (Phi) is 8.27. The molecular formula is C17H35N3O. The zero-order chi connectivity index (χ0) is 15.8. The van der Waals surface area contributed by atoms with Crippen molar-refractivity contribution in [3.05, 3.63) is 0 Å². The van der Waals surface area contributed by atoms with Crippen LogP contribution in [0.15, 0.2) is 0 Å². The van der Waals surface area contributed by atoms with Crippen molar-refractivity contribution in [2.24, 2.45) is 5.92 Å². The topological polar surface area (TPSA) is 35.6 Å². The van der Waals surface area contributed by atoms with Crippen LogP contribution in [-0.4, -0.2) is 61.0 Å². The smallest absolute Gasteiger partial charge is 0.222 e. The Morgan fingerprint density at radius 3 is 2.38 bits per heavy atom. The fourth-order valence-corrected chi connectivity index (χ4v) is 2.77. The van der Waals surface area contributed by atoms with Crippen LogP contribution < -0.4 is 5.32 Å². The highest BCUT2D eigenvalue weighted by Gasteiger charge is 2.23. The number of amides is 1. The Morgan fingerprint density at radius 1 is 1.24 bits per heavy atom. The highest BCUT2D eigenvalue weighted by Crippen LogP contribution is 2.19. The van der Waals surface area contributed by atoms with Gasteiger partial charge in [-0.15, -0.1) is 0 Å². The second-order valence-corrected chi connectivity index (χ2v) is 7.07. The van der Waals surface area contributed by atoms with Gasteiger partial charge in [-0.1, -0.05) is 13.8 Å². The zero-order valence-electron chi connectivity index (χ0n) is 14.7. The van der Waals surface area contributed by atoms with Crippen LogP contribution in [0.5, 0.6) is 0 Å². The molecule has 1 aliphatic heterocycles. The summed E-state index contributed by atoms with van der Waals surface area (Å²) >= 11 is 0. The van der Waals surface area contributed by atoms with Gasteiger partial charge in [0.15, 0.2) is 0 Å². The van der Waals surface area contributed by atoms with E-state index in [2.05, 4.69) is 49.9 Å². The second-order valence-electron chi connectivity index (χ2n) is 7.07. The maximum atomic E-state index is 12.2. The molecule has 1 aliphatic rings. The molecule has 0 aliphatic carbocycles. The van der Waals surface area contributed by atoms with Gasteiger partial charge in [0, 0.05) is 38.1 Å². The summed E-state index contributed by atoms with van der Waals surface area (Å²) in [5.74, 6) is 1.10. The van der Waals surface area contributed by atoms with Crippen molar-refractivity contribution < 1.29 is 4.79 Å². The number of rotatable bonds is 8. The quantitative estimate of drug-likeness (QED) is 0.699. The first-order valence-electron chi connectivity index (χ1n) is 8.61. The van der Waals surface area contributed by atoms with Gasteiger partial charge in [0.1, 0.15) is 0 Å². The lowest BCUT2D eigenvalue weighted by molar-refractivity contribution is -0.132. The molecule has 0 saturated carbocycles. The lowest BCUT2D eigenvalue weighted by Crippen LogP contribution is -2.42. The molecule has 1 fully saturated rings. The van der Waals surface area contributed by atoms with Crippen molar-refractivity contribution in [3.8, 4) is 0 Å². The normalized spacial score (nSPS) is 17.2. The number of likely N-dealkylation sites (tertiary alicyclic amines) is 1. The summed E-state index contributed by atoms with van der Waals surface area (Å²) in [6, 6.07) is 1.12. The standard InChI is InChI=1S/C17H35N3O/c1-14(2)18-10-6-7-17(21)20-11-8-16(9-12-20)13-19(5)15(3)4/h14-16,18H,6-13H2,1-5H3. The van der Waals surface area contributed by atoms with Crippen LogP contribution in [0, 0.1) is 5.92 Å². The van der Waals surface area contributed by atoms with Gasteiger partial charge in [0.05, 0.1) is 0 Å². The molecule has 21 heavy (non-hydrogen) atoms. The van der Waals surface area contributed by atoms with Gasteiger partial charge < -0.3 is 15.1 Å². The molecule has 0 radical (unpaired) electrons. The Labute approximate surface area is 131 Å². The van der Waals surface area contributed by atoms with Crippen LogP contribution in [0.25, 0.3) is 0 Å². The van der Waals surface area contributed by atoms with E-state index < -0.39 is 0 Å². The molecule has 1 rings (SSSR count). The number of hydrogen-bond acceptors (Lipinski definition) is 3. The van der Waals surface area contributed by atoms with Crippen LogP contribution in [0.4, 0.5) is 0 Å². The van der Waals surface area contributed by atoms with E-state index in [9.17, 15) is 4.79 Å². The molecule has 124 valence electrons. The summed E-state index contributed by atoms with van der Waals surface area (Å²) in [4.78, 5) is 16.7. The molecule has 0 aromatic carbocycles. The number of hydrogen-bond donors (Lipinski definition) is 1. The Balaban J connectivity index is 2.18. The summed E-state index contributed by atoms with van der Waals surface area (Å²) in [5, 5.41) is 3.37. The van der Waals surface area contributed by atoms with E-state index in [1.165, 1.54) is 0 Å². The number of nitrogens with one attached hydrogen (secondary N) is 1. The third kappa shape index (κ3) is 7.28. The molecule has 1 saturated heterocycles. The van der Waals surface area contributed by atoms with Crippen molar-refractivity contribution in [1.29, 1.82) is 0 Å². The predicted molar refractivity (Wildman–Crippen MR) is 89.4 cm³/mol. The van der Waals surface area contributed by atoms with E-state index in [4.69, 9.17) is 0 Å². The molecule has 0 spiro atoms. The Morgan fingerprint density at radius 2 is 1.86 bits per heavy atom. The molecular weight excluding hydrogens is 262 g/mol. The van der Waals surface area contributed by atoms with Gasteiger partial charge in [0.25, 0.3) is 0 Å². The van der Waals surface area contributed by atoms with Crippen molar-refractivity contribution in [2.75, 3.05) is 33.2 Å². The third-order valence-electron chi connectivity index (χ3n) is 4.51. The average molecular weight is 297 g/mol. The third-order valence-corrected chi connectivity index (χ3v) is 4.51. The van der Waals surface area contributed by atoms with Gasteiger partial charge in [-0.2, -0.15) is 0 Å². The van der Waals surface area contributed by atoms with Gasteiger partial charge in [-0.3, -0.25) is 4.79 Å². The van der Waals surface area contributed by atoms with Crippen LogP contribution in [0.1, 0.15) is 53.4 Å². The van der Waals surface area contributed by atoms with Gasteiger partial charge in [0.2, 0.25) is 5.91 Å². The minimum atomic E-state index is 0.344.